The Labute approximate surface area is 99.7 Å². The van der Waals surface area contributed by atoms with Gasteiger partial charge < -0.3 is 5.73 Å². The second kappa shape index (κ2) is 5.79. The number of hydrogen-bond donors (Lipinski definition) is 2. The molecule has 5 heteroatoms. The summed E-state index contributed by atoms with van der Waals surface area (Å²) in [5.41, 5.74) is 9.37. The normalized spacial score (nSPS) is 11.1. The SMILES string of the molecule is CC(CC(N)=O)=NNC(=O)c1cccc(C)c1. The van der Waals surface area contributed by atoms with Gasteiger partial charge in [0.15, 0.2) is 0 Å². The number of amides is 2. The van der Waals surface area contributed by atoms with Crippen LogP contribution >= 0.6 is 0 Å². The monoisotopic (exact) mass is 233 g/mol. The predicted octanol–water partition coefficient (Wildman–Crippen LogP) is 0.976. The molecule has 1 aromatic rings. The molecule has 0 aliphatic heterocycles. The van der Waals surface area contributed by atoms with E-state index in [0.717, 1.165) is 5.56 Å². The maximum atomic E-state index is 11.7. The Bertz CT molecular complexity index is 467. The topological polar surface area (TPSA) is 84.6 Å². The van der Waals surface area contributed by atoms with Crippen LogP contribution < -0.4 is 11.2 Å². The van der Waals surface area contributed by atoms with Crippen molar-refractivity contribution < 1.29 is 9.59 Å². The van der Waals surface area contributed by atoms with E-state index in [1.807, 2.05) is 13.0 Å². The van der Waals surface area contributed by atoms with Gasteiger partial charge in [0.1, 0.15) is 0 Å². The molecule has 3 N–H and O–H groups in total. The van der Waals surface area contributed by atoms with Crippen molar-refractivity contribution in [1.82, 2.24) is 5.43 Å². The molecule has 0 saturated carbocycles. The molecule has 2 amide bonds. The first-order chi connectivity index (χ1) is 7.99. The van der Waals surface area contributed by atoms with Gasteiger partial charge in [0, 0.05) is 11.3 Å². The van der Waals surface area contributed by atoms with Crippen LogP contribution in [0.2, 0.25) is 0 Å². The van der Waals surface area contributed by atoms with E-state index in [1.165, 1.54) is 0 Å². The molecule has 1 rings (SSSR count). The molecule has 17 heavy (non-hydrogen) atoms. The summed E-state index contributed by atoms with van der Waals surface area (Å²) in [6.45, 7) is 3.53. The highest BCUT2D eigenvalue weighted by atomic mass is 16.2. The summed E-state index contributed by atoms with van der Waals surface area (Å²) < 4.78 is 0. The predicted molar refractivity (Wildman–Crippen MR) is 65.6 cm³/mol. The molecule has 0 heterocycles. The first-order valence-electron chi connectivity index (χ1n) is 5.17. The first kappa shape index (κ1) is 12.9. The van der Waals surface area contributed by atoms with Crippen LogP contribution in [0, 0.1) is 6.92 Å². The van der Waals surface area contributed by atoms with Gasteiger partial charge in [-0.3, -0.25) is 9.59 Å². The summed E-state index contributed by atoms with van der Waals surface area (Å²) in [6, 6.07) is 7.15. The number of benzene rings is 1. The van der Waals surface area contributed by atoms with E-state index in [1.54, 1.807) is 25.1 Å². The number of carbonyl (C=O) groups excluding carboxylic acids is 2. The quantitative estimate of drug-likeness (QED) is 0.600. The standard InChI is InChI=1S/C12H15N3O2/c1-8-4-3-5-10(6-8)12(17)15-14-9(2)7-11(13)16/h3-6H,7H2,1-2H3,(H2,13,16)(H,15,17). The van der Waals surface area contributed by atoms with E-state index < -0.39 is 5.91 Å². The zero-order valence-corrected chi connectivity index (χ0v) is 9.86. The highest BCUT2D eigenvalue weighted by Gasteiger charge is 2.04. The molecular formula is C12H15N3O2. The molecule has 5 nitrogen and oxygen atoms in total. The number of nitrogens with two attached hydrogens (primary N) is 1. The third-order valence-electron chi connectivity index (χ3n) is 2.06. The van der Waals surface area contributed by atoms with Gasteiger partial charge in [0.05, 0.1) is 6.42 Å². The average molecular weight is 233 g/mol. The summed E-state index contributed by atoms with van der Waals surface area (Å²) in [4.78, 5) is 22.3. The zero-order chi connectivity index (χ0) is 12.8. The fourth-order valence-electron chi connectivity index (χ4n) is 1.29. The fourth-order valence-corrected chi connectivity index (χ4v) is 1.29. The second-order valence-corrected chi connectivity index (χ2v) is 3.80. The number of rotatable bonds is 4. The van der Waals surface area contributed by atoms with Gasteiger partial charge in [-0.05, 0) is 26.0 Å². The van der Waals surface area contributed by atoms with Crippen LogP contribution in [0.15, 0.2) is 29.4 Å². The minimum absolute atomic E-state index is 0.0358. The van der Waals surface area contributed by atoms with Gasteiger partial charge in [-0.15, -0.1) is 0 Å². The van der Waals surface area contributed by atoms with Crippen LogP contribution in [0.1, 0.15) is 29.3 Å². The van der Waals surface area contributed by atoms with Crippen molar-refractivity contribution in [2.24, 2.45) is 10.8 Å². The molecule has 1 aromatic carbocycles. The number of primary amides is 1. The first-order valence-corrected chi connectivity index (χ1v) is 5.17. The molecule has 0 aliphatic carbocycles. The molecule has 0 fully saturated rings. The highest BCUT2D eigenvalue weighted by molar-refractivity contribution is 6.00. The van der Waals surface area contributed by atoms with Crippen molar-refractivity contribution in [3.05, 3.63) is 35.4 Å². The van der Waals surface area contributed by atoms with E-state index in [-0.39, 0.29) is 12.3 Å². The molecule has 0 aromatic heterocycles. The molecule has 0 spiro atoms. The Kier molecular flexibility index (Phi) is 4.39. The van der Waals surface area contributed by atoms with E-state index in [2.05, 4.69) is 10.5 Å². The molecule has 90 valence electrons. The van der Waals surface area contributed by atoms with Gasteiger partial charge in [-0.25, -0.2) is 5.43 Å². The Balaban J connectivity index is 2.64. The van der Waals surface area contributed by atoms with Crippen LogP contribution in [-0.4, -0.2) is 17.5 Å². The zero-order valence-electron chi connectivity index (χ0n) is 9.86. The lowest BCUT2D eigenvalue weighted by atomic mass is 10.1. The Morgan fingerprint density at radius 2 is 2.12 bits per heavy atom. The molecule has 0 unspecified atom stereocenters. The Morgan fingerprint density at radius 1 is 1.41 bits per heavy atom. The average Bonchev–Trinajstić information content (AvgIpc) is 2.25. The summed E-state index contributed by atoms with van der Waals surface area (Å²) in [5, 5.41) is 3.79. The molecule has 0 saturated heterocycles. The fraction of sp³-hybridized carbons (Fsp3) is 0.250. The van der Waals surface area contributed by atoms with E-state index >= 15 is 0 Å². The van der Waals surface area contributed by atoms with E-state index in [9.17, 15) is 9.59 Å². The van der Waals surface area contributed by atoms with Gasteiger partial charge in [0.2, 0.25) is 5.91 Å². The largest absolute Gasteiger partial charge is 0.369 e. The summed E-state index contributed by atoms with van der Waals surface area (Å²) in [5.74, 6) is -0.784. The summed E-state index contributed by atoms with van der Waals surface area (Å²) in [6.07, 6.45) is 0.0358. The van der Waals surface area contributed by atoms with Crippen LogP contribution in [0.3, 0.4) is 0 Å². The van der Waals surface area contributed by atoms with Crippen LogP contribution in [-0.2, 0) is 4.79 Å². The van der Waals surface area contributed by atoms with Crippen molar-refractivity contribution in [2.75, 3.05) is 0 Å². The number of nitrogens with zero attached hydrogens (tertiary/aromatic N) is 1. The van der Waals surface area contributed by atoms with Gasteiger partial charge >= 0.3 is 0 Å². The number of aryl methyl sites for hydroxylation is 1. The third-order valence-corrected chi connectivity index (χ3v) is 2.06. The highest BCUT2D eigenvalue weighted by Crippen LogP contribution is 2.03. The molecule has 0 bridgehead atoms. The van der Waals surface area contributed by atoms with Crippen molar-refractivity contribution in [3.63, 3.8) is 0 Å². The Hall–Kier alpha value is -2.17. The molecular weight excluding hydrogens is 218 g/mol. The molecule has 0 atom stereocenters. The second-order valence-electron chi connectivity index (χ2n) is 3.80. The molecule has 0 radical (unpaired) electrons. The van der Waals surface area contributed by atoms with Crippen molar-refractivity contribution in [3.8, 4) is 0 Å². The number of hydrazone groups is 1. The third kappa shape index (κ3) is 4.46. The van der Waals surface area contributed by atoms with Crippen LogP contribution in [0.25, 0.3) is 0 Å². The minimum Gasteiger partial charge on any atom is -0.369 e. The summed E-state index contributed by atoms with van der Waals surface area (Å²) in [7, 11) is 0. The van der Waals surface area contributed by atoms with Gasteiger partial charge in [-0.1, -0.05) is 17.7 Å². The maximum Gasteiger partial charge on any atom is 0.271 e. The lowest BCUT2D eigenvalue weighted by Gasteiger charge is -2.02. The van der Waals surface area contributed by atoms with Crippen molar-refractivity contribution in [1.29, 1.82) is 0 Å². The van der Waals surface area contributed by atoms with Crippen molar-refractivity contribution >= 4 is 17.5 Å². The number of hydrogen-bond acceptors (Lipinski definition) is 3. The smallest absolute Gasteiger partial charge is 0.271 e. The Morgan fingerprint density at radius 3 is 2.71 bits per heavy atom. The summed E-state index contributed by atoms with van der Waals surface area (Å²) >= 11 is 0. The van der Waals surface area contributed by atoms with E-state index in [4.69, 9.17) is 5.73 Å². The number of carbonyl (C=O) groups is 2. The van der Waals surface area contributed by atoms with Gasteiger partial charge in [-0.2, -0.15) is 5.10 Å². The minimum atomic E-state index is -0.476. The maximum absolute atomic E-state index is 11.7. The van der Waals surface area contributed by atoms with Crippen LogP contribution in [0.5, 0.6) is 0 Å². The van der Waals surface area contributed by atoms with Crippen molar-refractivity contribution in [2.45, 2.75) is 20.3 Å². The van der Waals surface area contributed by atoms with E-state index in [0.29, 0.717) is 11.3 Å². The number of nitrogens with one attached hydrogen (secondary N) is 1. The van der Waals surface area contributed by atoms with Gasteiger partial charge in [0.25, 0.3) is 5.91 Å². The molecule has 0 aliphatic rings. The lowest BCUT2D eigenvalue weighted by molar-refractivity contribution is -0.116. The van der Waals surface area contributed by atoms with Crippen LogP contribution in [0.4, 0.5) is 0 Å². The lowest BCUT2D eigenvalue weighted by Crippen LogP contribution is -2.21.